The Morgan fingerprint density at radius 2 is 1.67 bits per heavy atom. The Hall–Kier alpha value is -3.20. The van der Waals surface area contributed by atoms with Crippen LogP contribution in [0.4, 0.5) is 11.4 Å². The van der Waals surface area contributed by atoms with Gasteiger partial charge in [0.15, 0.2) is 0 Å². The summed E-state index contributed by atoms with van der Waals surface area (Å²) in [5.41, 5.74) is 3.42. The van der Waals surface area contributed by atoms with Gasteiger partial charge in [-0.25, -0.2) is 13.1 Å². The third-order valence-corrected chi connectivity index (χ3v) is 7.09. The molecule has 0 aromatic heterocycles. The number of amides is 1. The third kappa shape index (κ3) is 5.78. The van der Waals surface area contributed by atoms with E-state index in [1.807, 2.05) is 54.6 Å². The molecule has 0 spiro atoms. The molecule has 0 saturated carbocycles. The lowest BCUT2D eigenvalue weighted by Gasteiger charge is -2.28. The van der Waals surface area contributed by atoms with Crippen LogP contribution in [0.2, 0.25) is 0 Å². The molecule has 1 aliphatic heterocycles. The average Bonchev–Trinajstić information content (AvgIpc) is 2.84. The summed E-state index contributed by atoms with van der Waals surface area (Å²) in [6.07, 6.45) is 0. The summed E-state index contributed by atoms with van der Waals surface area (Å²) in [4.78, 5) is 15.1. The van der Waals surface area contributed by atoms with Gasteiger partial charge in [-0.15, -0.1) is 0 Å². The van der Waals surface area contributed by atoms with Crippen molar-refractivity contribution in [2.24, 2.45) is 0 Å². The van der Waals surface area contributed by atoms with Crippen LogP contribution in [-0.2, 0) is 21.3 Å². The molecular formula is C25H27N3O4S. The highest BCUT2D eigenvalue weighted by Crippen LogP contribution is 2.21. The van der Waals surface area contributed by atoms with Crippen LogP contribution in [0.15, 0.2) is 77.7 Å². The number of sulfonamides is 1. The zero-order chi connectivity index (χ0) is 23.3. The van der Waals surface area contributed by atoms with Crippen LogP contribution in [0.5, 0.6) is 0 Å². The SMILES string of the molecule is Cc1ccc(C(=O)Nc2ccc(N3CCOCC3)cc2)cc1S(=O)(=O)NCc1ccccc1. The third-order valence-electron chi connectivity index (χ3n) is 5.55. The quantitative estimate of drug-likeness (QED) is 0.557. The molecule has 3 aromatic carbocycles. The number of anilines is 2. The van der Waals surface area contributed by atoms with Gasteiger partial charge < -0.3 is 15.0 Å². The smallest absolute Gasteiger partial charge is 0.255 e. The first kappa shape index (κ1) is 23.0. The maximum absolute atomic E-state index is 12.9. The van der Waals surface area contributed by atoms with Gasteiger partial charge in [0.1, 0.15) is 0 Å². The van der Waals surface area contributed by atoms with Crippen LogP contribution in [0.25, 0.3) is 0 Å². The minimum Gasteiger partial charge on any atom is -0.378 e. The van der Waals surface area contributed by atoms with Crippen LogP contribution in [0.1, 0.15) is 21.5 Å². The number of hydrogen-bond acceptors (Lipinski definition) is 5. The molecule has 172 valence electrons. The average molecular weight is 466 g/mol. The number of aryl methyl sites for hydroxylation is 1. The molecule has 2 N–H and O–H groups in total. The Morgan fingerprint density at radius 3 is 2.36 bits per heavy atom. The Kier molecular flexibility index (Phi) is 7.08. The number of morpholine rings is 1. The first-order valence-corrected chi connectivity index (χ1v) is 12.3. The predicted molar refractivity (Wildman–Crippen MR) is 129 cm³/mol. The standard InChI is InChI=1S/C25H27N3O4S/c1-19-7-8-21(17-24(19)33(30,31)26-18-20-5-3-2-4-6-20)25(29)27-22-9-11-23(12-10-22)28-13-15-32-16-14-28/h2-12,17,26H,13-16,18H2,1H3,(H,27,29). The van der Waals surface area contributed by atoms with Crippen molar-refractivity contribution in [3.8, 4) is 0 Å². The molecule has 33 heavy (non-hydrogen) atoms. The van der Waals surface area contributed by atoms with Gasteiger partial charge >= 0.3 is 0 Å². The summed E-state index contributed by atoms with van der Waals surface area (Å²) in [7, 11) is -3.78. The van der Waals surface area contributed by atoms with E-state index in [0.717, 1.165) is 24.3 Å². The largest absolute Gasteiger partial charge is 0.378 e. The zero-order valence-electron chi connectivity index (χ0n) is 18.5. The minimum absolute atomic E-state index is 0.0914. The van der Waals surface area contributed by atoms with Crippen LogP contribution in [-0.4, -0.2) is 40.6 Å². The monoisotopic (exact) mass is 465 g/mol. The van der Waals surface area contributed by atoms with Crippen molar-refractivity contribution in [2.45, 2.75) is 18.4 Å². The molecule has 1 saturated heterocycles. The number of nitrogens with zero attached hydrogens (tertiary/aromatic N) is 1. The normalized spacial score (nSPS) is 14.2. The topological polar surface area (TPSA) is 87.7 Å². The Morgan fingerprint density at radius 1 is 0.970 bits per heavy atom. The molecule has 7 nitrogen and oxygen atoms in total. The summed E-state index contributed by atoms with van der Waals surface area (Å²) in [6.45, 7) is 4.97. The predicted octanol–water partition coefficient (Wildman–Crippen LogP) is 3.56. The van der Waals surface area contributed by atoms with Crippen molar-refractivity contribution >= 4 is 27.3 Å². The zero-order valence-corrected chi connectivity index (χ0v) is 19.3. The van der Waals surface area contributed by atoms with Gasteiger partial charge in [-0.05, 0) is 54.4 Å². The lowest BCUT2D eigenvalue weighted by molar-refractivity contribution is 0.102. The van der Waals surface area contributed by atoms with Gasteiger partial charge in [-0.1, -0.05) is 36.4 Å². The summed E-state index contributed by atoms with van der Waals surface area (Å²) >= 11 is 0. The van der Waals surface area contributed by atoms with E-state index in [1.165, 1.54) is 6.07 Å². The van der Waals surface area contributed by atoms with E-state index in [9.17, 15) is 13.2 Å². The summed E-state index contributed by atoms with van der Waals surface area (Å²) in [5.74, 6) is -0.367. The van der Waals surface area contributed by atoms with Crippen molar-refractivity contribution in [3.05, 3.63) is 89.5 Å². The van der Waals surface area contributed by atoms with Crippen molar-refractivity contribution in [1.29, 1.82) is 0 Å². The second kappa shape index (κ2) is 10.2. The van der Waals surface area contributed by atoms with E-state index < -0.39 is 10.0 Å². The minimum atomic E-state index is -3.78. The van der Waals surface area contributed by atoms with Crippen molar-refractivity contribution < 1.29 is 17.9 Å². The summed E-state index contributed by atoms with van der Waals surface area (Å²) in [6, 6.07) is 21.6. The molecule has 8 heteroatoms. The number of rotatable bonds is 7. The molecule has 1 fully saturated rings. The molecule has 0 unspecified atom stereocenters. The first-order valence-electron chi connectivity index (χ1n) is 10.8. The van der Waals surface area contributed by atoms with E-state index in [-0.39, 0.29) is 22.9 Å². The van der Waals surface area contributed by atoms with E-state index >= 15 is 0 Å². The second-order valence-corrected chi connectivity index (χ2v) is 9.63. The second-order valence-electron chi connectivity index (χ2n) is 7.89. The highest BCUT2D eigenvalue weighted by Gasteiger charge is 2.19. The van der Waals surface area contributed by atoms with Gasteiger partial charge in [-0.2, -0.15) is 0 Å². The fourth-order valence-corrected chi connectivity index (χ4v) is 4.95. The summed E-state index contributed by atoms with van der Waals surface area (Å²) < 4.78 is 33.8. The van der Waals surface area contributed by atoms with Crippen molar-refractivity contribution in [3.63, 3.8) is 0 Å². The van der Waals surface area contributed by atoms with E-state index in [4.69, 9.17) is 4.74 Å². The van der Waals surface area contributed by atoms with Gasteiger partial charge in [-0.3, -0.25) is 4.79 Å². The molecule has 0 atom stereocenters. The maximum Gasteiger partial charge on any atom is 0.255 e. The van der Waals surface area contributed by atoms with Gasteiger partial charge in [0, 0.05) is 36.6 Å². The lowest BCUT2D eigenvalue weighted by atomic mass is 10.1. The molecule has 0 bridgehead atoms. The molecule has 4 rings (SSSR count). The van der Waals surface area contributed by atoms with Crippen LogP contribution >= 0.6 is 0 Å². The molecule has 1 heterocycles. The number of nitrogens with one attached hydrogen (secondary N) is 2. The molecule has 0 aliphatic carbocycles. The van der Waals surface area contributed by atoms with Gasteiger partial charge in [0.2, 0.25) is 10.0 Å². The number of benzene rings is 3. The first-order chi connectivity index (χ1) is 15.9. The van der Waals surface area contributed by atoms with E-state index in [0.29, 0.717) is 24.5 Å². The fourth-order valence-electron chi connectivity index (χ4n) is 3.66. The maximum atomic E-state index is 12.9. The molecule has 0 radical (unpaired) electrons. The number of hydrogen-bond donors (Lipinski definition) is 2. The Labute approximate surface area is 194 Å². The summed E-state index contributed by atoms with van der Waals surface area (Å²) in [5, 5.41) is 2.85. The van der Waals surface area contributed by atoms with Gasteiger partial charge in [0.05, 0.1) is 18.1 Å². The molecule has 3 aromatic rings. The number of carbonyl (C=O) groups is 1. The van der Waals surface area contributed by atoms with E-state index in [1.54, 1.807) is 19.1 Å². The Bertz CT molecular complexity index is 1210. The van der Waals surface area contributed by atoms with Crippen molar-refractivity contribution in [2.75, 3.05) is 36.5 Å². The highest BCUT2D eigenvalue weighted by atomic mass is 32.2. The number of ether oxygens (including phenoxy) is 1. The molecular weight excluding hydrogens is 438 g/mol. The van der Waals surface area contributed by atoms with E-state index in [2.05, 4.69) is 14.9 Å². The van der Waals surface area contributed by atoms with Crippen molar-refractivity contribution in [1.82, 2.24) is 4.72 Å². The van der Waals surface area contributed by atoms with Crippen LogP contribution in [0, 0.1) is 6.92 Å². The van der Waals surface area contributed by atoms with Crippen LogP contribution in [0.3, 0.4) is 0 Å². The van der Waals surface area contributed by atoms with Crippen LogP contribution < -0.4 is 14.9 Å². The Balaban J connectivity index is 1.45. The fraction of sp³-hybridized carbons (Fsp3) is 0.240. The number of carbonyl (C=O) groups excluding carboxylic acids is 1. The molecule has 1 amide bonds. The highest BCUT2D eigenvalue weighted by molar-refractivity contribution is 7.89. The lowest BCUT2D eigenvalue weighted by Crippen LogP contribution is -2.36. The van der Waals surface area contributed by atoms with Gasteiger partial charge in [0.25, 0.3) is 5.91 Å². The molecule has 1 aliphatic rings.